The second-order valence-electron chi connectivity index (χ2n) is 5.53. The summed E-state index contributed by atoms with van der Waals surface area (Å²) in [6, 6.07) is 14.5. The monoisotopic (exact) mass is 355 g/mol. The molecule has 1 heterocycles. The first-order chi connectivity index (χ1) is 12.6. The average Bonchev–Trinajstić information content (AvgIpc) is 3.15. The van der Waals surface area contributed by atoms with Gasteiger partial charge < -0.3 is 19.2 Å². The lowest BCUT2D eigenvalue weighted by Crippen LogP contribution is -2.22. The number of halogens is 1. The highest BCUT2D eigenvalue weighted by molar-refractivity contribution is 5.94. The fourth-order valence-electron chi connectivity index (χ4n) is 2.49. The van der Waals surface area contributed by atoms with Gasteiger partial charge in [0.1, 0.15) is 17.3 Å². The summed E-state index contributed by atoms with van der Waals surface area (Å²) in [4.78, 5) is 12.3. The van der Waals surface area contributed by atoms with E-state index >= 15 is 0 Å². The normalized spacial score (nSPS) is 10.4. The number of hydrogen-bond donors (Lipinski definition) is 1. The van der Waals surface area contributed by atoms with Crippen molar-refractivity contribution in [1.82, 2.24) is 5.32 Å². The van der Waals surface area contributed by atoms with E-state index in [0.717, 1.165) is 5.56 Å². The van der Waals surface area contributed by atoms with E-state index in [9.17, 15) is 9.18 Å². The molecule has 0 saturated carbocycles. The molecule has 1 aromatic heterocycles. The summed E-state index contributed by atoms with van der Waals surface area (Å²) in [5.41, 5.74) is 1.22. The van der Waals surface area contributed by atoms with E-state index in [1.807, 2.05) is 0 Å². The summed E-state index contributed by atoms with van der Waals surface area (Å²) in [5, 5.41) is 2.79. The molecule has 0 bridgehead atoms. The van der Waals surface area contributed by atoms with Gasteiger partial charge in [-0.05, 0) is 54.6 Å². The first kappa shape index (κ1) is 17.5. The van der Waals surface area contributed by atoms with Crippen LogP contribution in [0.1, 0.15) is 16.1 Å². The molecule has 0 aliphatic rings. The van der Waals surface area contributed by atoms with Crippen LogP contribution in [0, 0.1) is 5.82 Å². The average molecular weight is 355 g/mol. The maximum Gasteiger partial charge on any atom is 0.251 e. The zero-order chi connectivity index (χ0) is 18.5. The quantitative estimate of drug-likeness (QED) is 0.725. The van der Waals surface area contributed by atoms with E-state index in [2.05, 4.69) is 5.32 Å². The van der Waals surface area contributed by atoms with Crippen LogP contribution >= 0.6 is 0 Å². The number of hydrogen-bond acceptors (Lipinski definition) is 4. The smallest absolute Gasteiger partial charge is 0.251 e. The molecule has 2 aromatic carbocycles. The van der Waals surface area contributed by atoms with Crippen LogP contribution < -0.4 is 14.8 Å². The number of nitrogens with one attached hydrogen (secondary N) is 1. The van der Waals surface area contributed by atoms with Gasteiger partial charge in [-0.2, -0.15) is 0 Å². The van der Waals surface area contributed by atoms with Crippen molar-refractivity contribution in [3.8, 4) is 22.8 Å². The van der Waals surface area contributed by atoms with Gasteiger partial charge in [-0.1, -0.05) is 0 Å². The molecule has 0 unspecified atom stereocenters. The lowest BCUT2D eigenvalue weighted by Gasteiger charge is -2.09. The Morgan fingerprint density at radius 3 is 2.42 bits per heavy atom. The molecule has 5 nitrogen and oxygen atoms in total. The topological polar surface area (TPSA) is 60.7 Å². The number of methoxy groups -OCH3 is 2. The van der Waals surface area contributed by atoms with Gasteiger partial charge in [0.2, 0.25) is 0 Å². The molecule has 6 heteroatoms. The fourth-order valence-corrected chi connectivity index (χ4v) is 2.49. The van der Waals surface area contributed by atoms with Gasteiger partial charge in [-0.3, -0.25) is 4.79 Å². The summed E-state index contributed by atoms with van der Waals surface area (Å²) in [7, 11) is 3.05. The van der Waals surface area contributed by atoms with E-state index in [1.165, 1.54) is 26.4 Å². The lowest BCUT2D eigenvalue weighted by atomic mass is 10.2. The molecule has 0 radical (unpaired) electrons. The van der Waals surface area contributed by atoms with Crippen molar-refractivity contribution in [1.29, 1.82) is 0 Å². The molecule has 0 aliphatic heterocycles. The van der Waals surface area contributed by atoms with Crippen LogP contribution in [0.25, 0.3) is 11.3 Å². The number of carbonyl (C=O) groups excluding carboxylic acids is 1. The van der Waals surface area contributed by atoms with Crippen LogP contribution in [0.2, 0.25) is 0 Å². The van der Waals surface area contributed by atoms with E-state index in [4.69, 9.17) is 13.9 Å². The first-order valence-electron chi connectivity index (χ1n) is 7.95. The first-order valence-corrected chi connectivity index (χ1v) is 7.95. The molecule has 3 aromatic rings. The molecule has 3 rings (SSSR count). The van der Waals surface area contributed by atoms with Crippen LogP contribution in [-0.4, -0.2) is 20.1 Å². The van der Waals surface area contributed by atoms with E-state index < -0.39 is 0 Å². The van der Waals surface area contributed by atoms with Crippen molar-refractivity contribution >= 4 is 5.91 Å². The second kappa shape index (κ2) is 7.74. The summed E-state index contributed by atoms with van der Waals surface area (Å²) in [6.45, 7) is 0.231. The highest BCUT2D eigenvalue weighted by Gasteiger charge is 2.12. The van der Waals surface area contributed by atoms with Gasteiger partial charge in [0, 0.05) is 11.1 Å². The summed E-state index contributed by atoms with van der Waals surface area (Å²) < 4.78 is 29.0. The van der Waals surface area contributed by atoms with Crippen LogP contribution in [0.5, 0.6) is 11.5 Å². The molecule has 0 saturated heterocycles. The SMILES string of the molecule is COc1ccc(C(=O)NCc2ccc(-c3ccc(F)cc3)o2)cc1OC. The largest absolute Gasteiger partial charge is 0.493 e. The van der Waals surface area contributed by atoms with Gasteiger partial charge in [0.15, 0.2) is 11.5 Å². The Balaban J connectivity index is 1.66. The van der Waals surface area contributed by atoms with Crippen molar-refractivity contribution in [2.45, 2.75) is 6.54 Å². The number of ether oxygens (including phenoxy) is 2. The van der Waals surface area contributed by atoms with Crippen LogP contribution in [0.15, 0.2) is 59.0 Å². The molecule has 1 amide bonds. The highest BCUT2D eigenvalue weighted by Crippen LogP contribution is 2.27. The standard InChI is InChI=1S/C20H18FNO4/c1-24-18-9-5-14(11-19(18)25-2)20(23)22-12-16-8-10-17(26-16)13-3-6-15(21)7-4-13/h3-11H,12H2,1-2H3,(H,22,23). The third kappa shape index (κ3) is 3.85. The minimum absolute atomic E-state index is 0.231. The molecular weight excluding hydrogens is 337 g/mol. The molecule has 0 fully saturated rings. The number of amides is 1. The van der Waals surface area contributed by atoms with Gasteiger partial charge >= 0.3 is 0 Å². The molecule has 1 N–H and O–H groups in total. The molecule has 26 heavy (non-hydrogen) atoms. The second-order valence-corrected chi connectivity index (χ2v) is 5.53. The van der Waals surface area contributed by atoms with E-state index in [-0.39, 0.29) is 18.3 Å². The predicted octanol–water partition coefficient (Wildman–Crippen LogP) is 4.03. The molecule has 0 atom stereocenters. The zero-order valence-corrected chi connectivity index (χ0v) is 14.4. The molecular formula is C20H18FNO4. The van der Waals surface area contributed by atoms with Gasteiger partial charge in [-0.25, -0.2) is 4.39 Å². The van der Waals surface area contributed by atoms with Crippen LogP contribution in [0.4, 0.5) is 4.39 Å². The maximum absolute atomic E-state index is 13.0. The molecule has 0 aliphatic carbocycles. The summed E-state index contributed by atoms with van der Waals surface area (Å²) >= 11 is 0. The third-order valence-corrected chi connectivity index (χ3v) is 3.86. The van der Waals surface area contributed by atoms with Crippen molar-refractivity contribution in [2.75, 3.05) is 14.2 Å². The Bertz CT molecular complexity index is 902. The van der Waals surface area contributed by atoms with Crippen LogP contribution in [0.3, 0.4) is 0 Å². The summed E-state index contributed by atoms with van der Waals surface area (Å²) in [6.07, 6.45) is 0. The van der Waals surface area contributed by atoms with Crippen molar-refractivity contribution < 1.29 is 23.1 Å². The Labute approximate surface area is 150 Å². The number of furan rings is 1. The number of carbonyl (C=O) groups is 1. The Kier molecular flexibility index (Phi) is 5.22. The lowest BCUT2D eigenvalue weighted by molar-refractivity contribution is 0.0947. The van der Waals surface area contributed by atoms with Crippen molar-refractivity contribution in [2.24, 2.45) is 0 Å². The third-order valence-electron chi connectivity index (χ3n) is 3.86. The van der Waals surface area contributed by atoms with Crippen LogP contribution in [-0.2, 0) is 6.54 Å². The highest BCUT2D eigenvalue weighted by atomic mass is 19.1. The van der Waals surface area contributed by atoms with Gasteiger partial charge in [0.05, 0.1) is 20.8 Å². The van der Waals surface area contributed by atoms with Crippen molar-refractivity contribution in [3.63, 3.8) is 0 Å². The van der Waals surface area contributed by atoms with E-state index in [1.54, 1.807) is 42.5 Å². The number of rotatable bonds is 6. The number of benzene rings is 2. The predicted molar refractivity (Wildman–Crippen MR) is 94.8 cm³/mol. The Morgan fingerprint density at radius 1 is 1.00 bits per heavy atom. The van der Waals surface area contributed by atoms with Gasteiger partial charge in [-0.15, -0.1) is 0 Å². The minimum Gasteiger partial charge on any atom is -0.493 e. The summed E-state index contributed by atoms with van der Waals surface area (Å²) in [5.74, 6) is 1.68. The molecule has 0 spiro atoms. The molecule has 134 valence electrons. The van der Waals surface area contributed by atoms with Gasteiger partial charge in [0.25, 0.3) is 5.91 Å². The maximum atomic E-state index is 13.0. The van der Waals surface area contributed by atoms with Crippen molar-refractivity contribution in [3.05, 3.63) is 71.7 Å². The van der Waals surface area contributed by atoms with E-state index in [0.29, 0.717) is 28.6 Å². The fraction of sp³-hybridized carbons (Fsp3) is 0.150. The Morgan fingerprint density at radius 2 is 1.73 bits per heavy atom. The zero-order valence-electron chi connectivity index (χ0n) is 14.4. The Hall–Kier alpha value is -3.28. The minimum atomic E-state index is -0.303.